The predicted octanol–water partition coefficient (Wildman–Crippen LogP) is 1.95. The van der Waals surface area contributed by atoms with Crippen LogP contribution in [-0.2, 0) is 17.8 Å². The SMILES string of the molecule is CCNC(=O)Cn1c(CCCl)nc2ccccc21. The Labute approximate surface area is 111 Å². The van der Waals surface area contributed by atoms with Crippen molar-refractivity contribution in [3.05, 3.63) is 30.1 Å². The van der Waals surface area contributed by atoms with E-state index in [4.69, 9.17) is 11.6 Å². The minimum atomic E-state index is -0.00326. The van der Waals surface area contributed by atoms with E-state index in [-0.39, 0.29) is 5.91 Å². The molecule has 0 bridgehead atoms. The lowest BCUT2D eigenvalue weighted by molar-refractivity contribution is -0.121. The fraction of sp³-hybridized carbons (Fsp3) is 0.385. The number of fused-ring (bicyclic) bond motifs is 1. The standard InChI is InChI=1S/C13H16ClN3O/c1-2-15-13(18)9-17-11-6-4-3-5-10(11)16-12(17)7-8-14/h3-6H,2,7-9H2,1H3,(H,15,18). The van der Waals surface area contributed by atoms with E-state index in [0.717, 1.165) is 16.9 Å². The molecule has 1 heterocycles. The lowest BCUT2D eigenvalue weighted by Gasteiger charge is -2.08. The number of para-hydroxylation sites is 2. The molecule has 18 heavy (non-hydrogen) atoms. The topological polar surface area (TPSA) is 46.9 Å². The van der Waals surface area contributed by atoms with E-state index in [9.17, 15) is 4.79 Å². The molecule has 2 rings (SSSR count). The summed E-state index contributed by atoms with van der Waals surface area (Å²) in [6, 6.07) is 7.81. The van der Waals surface area contributed by atoms with Gasteiger partial charge in [0.25, 0.3) is 0 Å². The van der Waals surface area contributed by atoms with E-state index >= 15 is 0 Å². The van der Waals surface area contributed by atoms with Crippen molar-refractivity contribution >= 4 is 28.5 Å². The van der Waals surface area contributed by atoms with Crippen molar-refractivity contribution in [1.82, 2.24) is 14.9 Å². The largest absolute Gasteiger partial charge is 0.355 e. The molecule has 0 unspecified atom stereocenters. The van der Waals surface area contributed by atoms with Gasteiger partial charge in [-0.15, -0.1) is 11.6 Å². The van der Waals surface area contributed by atoms with Crippen molar-refractivity contribution in [2.24, 2.45) is 0 Å². The molecule has 0 aliphatic rings. The van der Waals surface area contributed by atoms with E-state index in [2.05, 4.69) is 10.3 Å². The summed E-state index contributed by atoms with van der Waals surface area (Å²) < 4.78 is 1.93. The Hall–Kier alpha value is -1.55. The number of alkyl halides is 1. The summed E-state index contributed by atoms with van der Waals surface area (Å²) in [6.45, 7) is 2.83. The second-order valence-corrected chi connectivity index (χ2v) is 4.37. The van der Waals surface area contributed by atoms with Gasteiger partial charge >= 0.3 is 0 Å². The van der Waals surface area contributed by atoms with Crippen LogP contribution in [0.2, 0.25) is 0 Å². The normalized spacial score (nSPS) is 10.8. The first-order valence-corrected chi connectivity index (χ1v) is 6.56. The number of aromatic nitrogens is 2. The van der Waals surface area contributed by atoms with Crippen LogP contribution < -0.4 is 5.32 Å². The van der Waals surface area contributed by atoms with Gasteiger partial charge in [0.15, 0.2) is 0 Å². The third-order valence-corrected chi connectivity index (χ3v) is 2.92. The Morgan fingerprint density at radius 2 is 2.22 bits per heavy atom. The number of hydrogen-bond acceptors (Lipinski definition) is 2. The number of likely N-dealkylation sites (N-methyl/N-ethyl adjacent to an activating group) is 1. The zero-order valence-electron chi connectivity index (χ0n) is 10.3. The fourth-order valence-electron chi connectivity index (χ4n) is 1.97. The van der Waals surface area contributed by atoms with Crippen LogP contribution in [0, 0.1) is 0 Å². The highest BCUT2D eigenvalue weighted by atomic mass is 35.5. The van der Waals surface area contributed by atoms with Crippen molar-refractivity contribution in [1.29, 1.82) is 0 Å². The quantitative estimate of drug-likeness (QED) is 0.840. The molecule has 96 valence electrons. The van der Waals surface area contributed by atoms with Gasteiger partial charge in [-0.1, -0.05) is 12.1 Å². The molecule has 5 heteroatoms. The molecule has 4 nitrogen and oxygen atoms in total. The molecule has 0 spiro atoms. The number of nitrogens with one attached hydrogen (secondary N) is 1. The van der Waals surface area contributed by atoms with Crippen LogP contribution in [0.5, 0.6) is 0 Å². The van der Waals surface area contributed by atoms with Gasteiger partial charge in [-0.3, -0.25) is 4.79 Å². The lowest BCUT2D eigenvalue weighted by Crippen LogP contribution is -2.27. The molecule has 0 aliphatic carbocycles. The summed E-state index contributed by atoms with van der Waals surface area (Å²) in [7, 11) is 0. The summed E-state index contributed by atoms with van der Waals surface area (Å²) in [6.07, 6.45) is 0.662. The van der Waals surface area contributed by atoms with Crippen LogP contribution in [0.3, 0.4) is 0 Å². The smallest absolute Gasteiger partial charge is 0.239 e. The molecular weight excluding hydrogens is 250 g/mol. The number of benzene rings is 1. The Morgan fingerprint density at radius 1 is 1.44 bits per heavy atom. The predicted molar refractivity (Wildman–Crippen MR) is 72.8 cm³/mol. The van der Waals surface area contributed by atoms with Crippen molar-refractivity contribution < 1.29 is 4.79 Å². The minimum Gasteiger partial charge on any atom is -0.355 e. The number of rotatable bonds is 5. The maximum absolute atomic E-state index is 11.7. The average molecular weight is 266 g/mol. The number of nitrogens with zero attached hydrogens (tertiary/aromatic N) is 2. The summed E-state index contributed by atoms with van der Waals surface area (Å²) in [4.78, 5) is 16.2. The lowest BCUT2D eigenvalue weighted by atomic mass is 10.3. The molecule has 1 aromatic carbocycles. The van der Waals surface area contributed by atoms with Crippen LogP contribution in [-0.4, -0.2) is 27.9 Å². The molecular formula is C13H16ClN3O. The summed E-state index contributed by atoms with van der Waals surface area (Å²) in [5.41, 5.74) is 1.88. The van der Waals surface area contributed by atoms with E-state index in [0.29, 0.717) is 25.4 Å². The van der Waals surface area contributed by atoms with Gasteiger partial charge in [0.2, 0.25) is 5.91 Å². The van der Waals surface area contributed by atoms with Crippen molar-refractivity contribution in [3.8, 4) is 0 Å². The number of aryl methyl sites for hydroxylation is 1. The van der Waals surface area contributed by atoms with Gasteiger partial charge < -0.3 is 9.88 Å². The van der Waals surface area contributed by atoms with Gasteiger partial charge in [0.05, 0.1) is 11.0 Å². The Morgan fingerprint density at radius 3 is 2.94 bits per heavy atom. The monoisotopic (exact) mass is 265 g/mol. The van der Waals surface area contributed by atoms with Gasteiger partial charge in [-0.05, 0) is 19.1 Å². The van der Waals surface area contributed by atoms with Gasteiger partial charge in [-0.2, -0.15) is 0 Å². The Bertz CT molecular complexity index is 550. The molecule has 1 amide bonds. The zero-order valence-corrected chi connectivity index (χ0v) is 11.1. The highest BCUT2D eigenvalue weighted by molar-refractivity contribution is 6.17. The number of hydrogen-bond donors (Lipinski definition) is 1. The van der Waals surface area contributed by atoms with Gasteiger partial charge in [-0.25, -0.2) is 4.98 Å². The van der Waals surface area contributed by atoms with Crippen molar-refractivity contribution in [3.63, 3.8) is 0 Å². The minimum absolute atomic E-state index is 0.00326. The number of halogens is 1. The van der Waals surface area contributed by atoms with Gasteiger partial charge in [0.1, 0.15) is 12.4 Å². The van der Waals surface area contributed by atoms with E-state index in [1.807, 2.05) is 35.8 Å². The van der Waals surface area contributed by atoms with E-state index in [1.165, 1.54) is 0 Å². The molecule has 2 aromatic rings. The summed E-state index contributed by atoms with van der Waals surface area (Å²) in [5, 5.41) is 2.80. The van der Waals surface area contributed by atoms with E-state index in [1.54, 1.807) is 0 Å². The summed E-state index contributed by atoms with van der Waals surface area (Å²) >= 11 is 5.78. The number of amides is 1. The van der Waals surface area contributed by atoms with Gasteiger partial charge in [0, 0.05) is 18.8 Å². The number of imidazole rings is 1. The second kappa shape index (κ2) is 5.87. The van der Waals surface area contributed by atoms with Crippen molar-refractivity contribution in [2.75, 3.05) is 12.4 Å². The molecule has 0 saturated carbocycles. The van der Waals surface area contributed by atoms with E-state index < -0.39 is 0 Å². The maximum Gasteiger partial charge on any atom is 0.239 e. The Balaban J connectivity index is 2.38. The molecule has 0 aliphatic heterocycles. The highest BCUT2D eigenvalue weighted by Crippen LogP contribution is 2.16. The van der Waals surface area contributed by atoms with Crippen molar-refractivity contribution in [2.45, 2.75) is 19.9 Å². The Kier molecular flexibility index (Phi) is 4.20. The molecule has 1 aromatic heterocycles. The van der Waals surface area contributed by atoms with Crippen LogP contribution >= 0.6 is 11.6 Å². The third-order valence-electron chi connectivity index (χ3n) is 2.73. The molecule has 1 N–H and O–H groups in total. The van der Waals surface area contributed by atoms with Crippen LogP contribution in [0.1, 0.15) is 12.7 Å². The first-order valence-electron chi connectivity index (χ1n) is 6.03. The molecule has 0 fully saturated rings. The fourth-order valence-corrected chi connectivity index (χ4v) is 2.14. The van der Waals surface area contributed by atoms with Crippen LogP contribution in [0.15, 0.2) is 24.3 Å². The van der Waals surface area contributed by atoms with Crippen LogP contribution in [0.25, 0.3) is 11.0 Å². The maximum atomic E-state index is 11.7. The molecule has 0 radical (unpaired) electrons. The first-order chi connectivity index (χ1) is 8.76. The third kappa shape index (κ3) is 2.64. The number of carbonyl (C=O) groups excluding carboxylic acids is 1. The molecule has 0 saturated heterocycles. The number of carbonyl (C=O) groups is 1. The second-order valence-electron chi connectivity index (χ2n) is 4.00. The first kappa shape index (κ1) is 12.9. The highest BCUT2D eigenvalue weighted by Gasteiger charge is 2.12. The molecule has 0 atom stereocenters. The zero-order chi connectivity index (χ0) is 13.0. The summed E-state index contributed by atoms with van der Waals surface area (Å²) in [5.74, 6) is 1.35. The average Bonchev–Trinajstić information content (AvgIpc) is 2.69. The van der Waals surface area contributed by atoms with Crippen LogP contribution in [0.4, 0.5) is 0 Å².